The summed E-state index contributed by atoms with van der Waals surface area (Å²) in [5.74, 6) is 0.0485. The average Bonchev–Trinajstić information content (AvgIpc) is 3.65. The van der Waals surface area contributed by atoms with Crippen molar-refractivity contribution in [1.82, 2.24) is 14.7 Å². The van der Waals surface area contributed by atoms with Crippen molar-refractivity contribution in [2.45, 2.75) is 6.10 Å². The van der Waals surface area contributed by atoms with E-state index in [-0.39, 0.29) is 17.7 Å². The molecule has 0 spiro atoms. The zero-order valence-corrected chi connectivity index (χ0v) is 20.2. The molecular formula is C25H26AlN3O3. The normalized spacial score (nSPS) is 19.0. The second-order valence-corrected chi connectivity index (χ2v) is 8.79. The molecule has 6 nitrogen and oxygen atoms in total. The Labute approximate surface area is 196 Å². The molecule has 0 radical (unpaired) electrons. The molecule has 0 unspecified atom stereocenters. The van der Waals surface area contributed by atoms with Crippen molar-refractivity contribution >= 4 is 28.2 Å². The summed E-state index contributed by atoms with van der Waals surface area (Å²) in [4.78, 5) is 30.5. The minimum Gasteiger partial charge on any atom is -0.497 e. The van der Waals surface area contributed by atoms with Gasteiger partial charge in [-0.15, -0.1) is 0 Å². The van der Waals surface area contributed by atoms with Gasteiger partial charge in [0.2, 0.25) is 11.6 Å². The minimum absolute atomic E-state index is 0.00546. The summed E-state index contributed by atoms with van der Waals surface area (Å²) < 4.78 is 5.66. The minimum atomic E-state index is 0.00546. The molecule has 4 aliphatic rings. The van der Waals surface area contributed by atoms with Crippen LogP contribution in [-0.2, 0) is 13.4 Å². The average molecular weight is 443 g/mol. The van der Waals surface area contributed by atoms with Crippen molar-refractivity contribution in [3.8, 4) is 0 Å². The quantitative estimate of drug-likeness (QED) is 0.384. The molecule has 7 heteroatoms. The van der Waals surface area contributed by atoms with Crippen LogP contribution in [0.2, 0.25) is 0 Å². The fraction of sp³-hybridized carbons (Fsp3) is 0.280. The maximum atomic E-state index is 12.4. The molecule has 0 aromatic heterocycles. The Hall–Kier alpha value is -2.85. The van der Waals surface area contributed by atoms with Gasteiger partial charge in [0.05, 0.1) is 11.8 Å². The Bertz CT molecular complexity index is 1030. The van der Waals surface area contributed by atoms with Crippen LogP contribution in [0.25, 0.3) is 0 Å². The van der Waals surface area contributed by atoms with Gasteiger partial charge in [-0.3, -0.25) is 9.59 Å². The van der Waals surface area contributed by atoms with Gasteiger partial charge in [0.15, 0.2) is 0 Å². The van der Waals surface area contributed by atoms with Gasteiger partial charge in [-0.2, -0.15) is 0 Å². The van der Waals surface area contributed by atoms with Gasteiger partial charge in [-0.05, 0) is 11.1 Å². The molecule has 1 aliphatic carbocycles. The van der Waals surface area contributed by atoms with Crippen LogP contribution < -0.4 is 0 Å². The van der Waals surface area contributed by atoms with Crippen LogP contribution in [0.3, 0.4) is 0 Å². The summed E-state index contributed by atoms with van der Waals surface area (Å²) in [5.41, 5.74) is 4.33. The van der Waals surface area contributed by atoms with Crippen molar-refractivity contribution in [3.05, 3.63) is 95.0 Å². The number of benzene rings is 2. The van der Waals surface area contributed by atoms with Gasteiger partial charge >= 0.3 is 16.6 Å². The molecule has 3 saturated heterocycles. The monoisotopic (exact) mass is 443 g/mol. The summed E-state index contributed by atoms with van der Waals surface area (Å²) in [6.45, 7) is 5.41. The summed E-state index contributed by atoms with van der Waals surface area (Å²) in [5, 5.41) is 0. The second-order valence-electron chi connectivity index (χ2n) is 8.32. The van der Waals surface area contributed by atoms with Crippen LogP contribution in [0, 0.1) is 0 Å². The van der Waals surface area contributed by atoms with E-state index in [1.54, 1.807) is 0 Å². The van der Waals surface area contributed by atoms with Crippen LogP contribution >= 0.6 is 0 Å². The van der Waals surface area contributed by atoms with Crippen LogP contribution in [-0.4, -0.2) is 82.2 Å². The molecule has 0 bridgehead atoms. The zero-order valence-electron chi connectivity index (χ0n) is 18.2. The number of carbonyl (C=O) groups excluding carboxylic acids is 2. The van der Waals surface area contributed by atoms with Crippen LogP contribution in [0.4, 0.5) is 0 Å². The number of ketones is 2. The molecule has 162 valence electrons. The first-order valence-electron chi connectivity index (χ1n) is 11.1. The van der Waals surface area contributed by atoms with Gasteiger partial charge in [-0.25, -0.2) is 0 Å². The number of carbonyl (C=O) groups is 2. The Morgan fingerprint density at radius 2 is 1.16 bits per heavy atom. The number of Topliss-reactive ketones (excluding diaryl/α,β-unsaturated/α-hetero) is 1. The van der Waals surface area contributed by atoms with Crippen LogP contribution in [0.5, 0.6) is 0 Å². The third-order valence-corrected chi connectivity index (χ3v) is 6.40. The lowest BCUT2D eigenvalue weighted by molar-refractivity contribution is -0.117. The fourth-order valence-electron chi connectivity index (χ4n) is 4.00. The predicted octanol–water partition coefficient (Wildman–Crippen LogP) is 1.52. The Balaban J connectivity index is 0.000000136. The summed E-state index contributed by atoms with van der Waals surface area (Å²) in [6.07, 6.45) is 1.62. The van der Waals surface area contributed by atoms with Crippen molar-refractivity contribution in [2.24, 2.45) is 0 Å². The molecule has 3 aliphatic heterocycles. The van der Waals surface area contributed by atoms with Gasteiger partial charge in [0.25, 0.3) is 0 Å². The fourth-order valence-corrected chi connectivity index (χ4v) is 4.54. The van der Waals surface area contributed by atoms with Crippen molar-refractivity contribution in [1.29, 1.82) is 0 Å². The second kappa shape index (κ2) is 8.95. The summed E-state index contributed by atoms with van der Waals surface area (Å²) in [7, 11) is 0. The highest BCUT2D eigenvalue weighted by molar-refractivity contribution is 6.22. The van der Waals surface area contributed by atoms with Crippen molar-refractivity contribution in [3.63, 3.8) is 0 Å². The molecule has 6 rings (SSSR count). The molecule has 0 N–H and O–H groups in total. The van der Waals surface area contributed by atoms with E-state index in [9.17, 15) is 9.59 Å². The van der Waals surface area contributed by atoms with Gasteiger partial charge in [-0.1, -0.05) is 60.7 Å². The first kappa shape index (κ1) is 21.0. The van der Waals surface area contributed by atoms with E-state index < -0.39 is 0 Å². The van der Waals surface area contributed by atoms with Gasteiger partial charge in [0.1, 0.15) is 11.4 Å². The molecule has 2 aromatic rings. The van der Waals surface area contributed by atoms with E-state index in [4.69, 9.17) is 3.79 Å². The lowest BCUT2D eigenvalue weighted by Crippen LogP contribution is -2.29. The highest BCUT2D eigenvalue weighted by Gasteiger charge is 2.43. The zero-order chi connectivity index (χ0) is 22.1. The van der Waals surface area contributed by atoms with E-state index in [0.29, 0.717) is 17.1 Å². The van der Waals surface area contributed by atoms with E-state index in [2.05, 4.69) is 24.3 Å². The molecular weight excluding hydrogens is 417 g/mol. The first-order valence-corrected chi connectivity index (χ1v) is 11.9. The maximum Gasteiger partial charge on any atom is 0.411 e. The third kappa shape index (κ3) is 4.51. The van der Waals surface area contributed by atoms with E-state index in [0.717, 1.165) is 55.9 Å². The first-order chi connectivity index (χ1) is 15.7. The van der Waals surface area contributed by atoms with Crippen molar-refractivity contribution < 1.29 is 13.4 Å². The Kier molecular flexibility index (Phi) is 5.88. The van der Waals surface area contributed by atoms with Crippen molar-refractivity contribution in [2.75, 3.05) is 39.3 Å². The van der Waals surface area contributed by atoms with Gasteiger partial charge in [0, 0.05) is 45.3 Å². The molecule has 2 aromatic carbocycles. The highest BCUT2D eigenvalue weighted by atomic mass is 27.1. The van der Waals surface area contributed by atoms with E-state index in [1.165, 1.54) is 17.2 Å². The number of allylic oxidation sites excluding steroid dienone is 1. The summed E-state index contributed by atoms with van der Waals surface area (Å²) in [6, 6.07) is 20.7. The smallest absolute Gasteiger partial charge is 0.411 e. The van der Waals surface area contributed by atoms with E-state index >= 15 is 0 Å². The molecule has 0 atom stereocenters. The van der Waals surface area contributed by atoms with Crippen LogP contribution in [0.15, 0.2) is 83.8 Å². The number of rotatable bonds is 6. The lowest BCUT2D eigenvalue weighted by Gasteiger charge is -2.21. The Morgan fingerprint density at radius 3 is 1.59 bits per heavy atom. The summed E-state index contributed by atoms with van der Waals surface area (Å²) >= 11 is 0.742. The maximum absolute atomic E-state index is 12.4. The largest absolute Gasteiger partial charge is 0.497 e. The SMILES string of the molecule is O=C1C=C(N2CC2)C(=O)C(N2CC2)=C1N1CC1.[AlH2][O]C(c1ccccc1)c1ccccc1. The topological polar surface area (TPSA) is 52.4 Å². The molecule has 32 heavy (non-hydrogen) atoms. The predicted molar refractivity (Wildman–Crippen MR) is 124 cm³/mol. The van der Waals surface area contributed by atoms with E-state index in [1.807, 2.05) is 51.1 Å². The standard InChI is InChI=1S/C13H11O.C12H13N3O2.Al.2H/c14-13(11-7-3-1-4-8-11)12-9-5-2-6-10-12;16-9-7-8(13-1-2-13)12(17)11(15-5-6-15)10(9)14-3-4-14;;;/h1-10,13H;7H,1-6H2;;;/q-1;;+1;;. The Morgan fingerprint density at radius 1 is 0.688 bits per heavy atom. The third-order valence-electron chi connectivity index (χ3n) is 5.93. The van der Waals surface area contributed by atoms with Crippen LogP contribution in [0.1, 0.15) is 17.2 Å². The molecule has 0 amide bonds. The number of nitrogens with zero attached hydrogens (tertiary/aromatic N) is 3. The number of hydrogen-bond acceptors (Lipinski definition) is 6. The molecule has 0 saturated carbocycles. The highest BCUT2D eigenvalue weighted by Crippen LogP contribution is 2.34. The molecule has 3 heterocycles. The number of hydrogen-bond donors (Lipinski definition) is 0. The molecule has 3 fully saturated rings. The lowest BCUT2D eigenvalue weighted by atomic mass is 10.0. The van der Waals surface area contributed by atoms with Gasteiger partial charge < -0.3 is 18.5 Å².